The summed E-state index contributed by atoms with van der Waals surface area (Å²) in [5.74, 6) is 1.31. The molecule has 1 aromatic carbocycles. The number of halogens is 1. The van der Waals surface area contributed by atoms with Crippen LogP contribution in [0, 0.1) is 18.7 Å². The molecule has 0 aliphatic heterocycles. The van der Waals surface area contributed by atoms with Crippen LogP contribution < -0.4 is 4.74 Å². The molecule has 0 saturated carbocycles. The van der Waals surface area contributed by atoms with Crippen LogP contribution in [0.3, 0.4) is 0 Å². The van der Waals surface area contributed by atoms with Gasteiger partial charge >= 0.3 is 0 Å². The quantitative estimate of drug-likeness (QED) is 0.802. The van der Waals surface area contributed by atoms with Crippen molar-refractivity contribution in [3.8, 4) is 17.1 Å². The van der Waals surface area contributed by atoms with Gasteiger partial charge in [0, 0.05) is 6.54 Å². The SMILES string of the molecule is COc1ccc(F)cc1-c1nc2c([nH]1)c(C)nn2CC(C)C. The Bertz CT molecular complexity index is 819. The highest BCUT2D eigenvalue weighted by Gasteiger charge is 2.17. The van der Waals surface area contributed by atoms with E-state index in [0.29, 0.717) is 23.1 Å². The second-order valence-electron chi connectivity index (χ2n) is 5.79. The molecule has 0 atom stereocenters. The largest absolute Gasteiger partial charge is 0.496 e. The topological polar surface area (TPSA) is 55.7 Å². The Morgan fingerprint density at radius 3 is 2.82 bits per heavy atom. The molecule has 6 heteroatoms. The van der Waals surface area contributed by atoms with Gasteiger partial charge in [0.05, 0.1) is 18.4 Å². The van der Waals surface area contributed by atoms with Gasteiger partial charge in [-0.3, -0.25) is 0 Å². The maximum absolute atomic E-state index is 13.6. The number of benzene rings is 1. The Morgan fingerprint density at radius 2 is 2.14 bits per heavy atom. The van der Waals surface area contributed by atoms with E-state index in [1.165, 1.54) is 12.1 Å². The molecular formula is C16H19FN4O. The fraction of sp³-hybridized carbons (Fsp3) is 0.375. The predicted octanol–water partition coefficient (Wildman–Crippen LogP) is 3.54. The Hall–Kier alpha value is -2.37. The van der Waals surface area contributed by atoms with Gasteiger partial charge in [0.25, 0.3) is 0 Å². The van der Waals surface area contributed by atoms with Crippen LogP contribution in [0.25, 0.3) is 22.6 Å². The molecule has 0 unspecified atom stereocenters. The summed E-state index contributed by atoms with van der Waals surface area (Å²) in [6, 6.07) is 4.40. The van der Waals surface area contributed by atoms with E-state index in [4.69, 9.17) is 4.74 Å². The molecule has 0 saturated heterocycles. The summed E-state index contributed by atoms with van der Waals surface area (Å²) in [7, 11) is 1.56. The lowest BCUT2D eigenvalue weighted by Crippen LogP contribution is -2.06. The minimum absolute atomic E-state index is 0.322. The first kappa shape index (κ1) is 14.6. The summed E-state index contributed by atoms with van der Waals surface area (Å²) in [6.07, 6.45) is 0. The molecule has 0 radical (unpaired) electrons. The second kappa shape index (κ2) is 5.44. The predicted molar refractivity (Wildman–Crippen MR) is 83.4 cm³/mol. The zero-order chi connectivity index (χ0) is 15.9. The lowest BCUT2D eigenvalue weighted by atomic mass is 10.2. The molecule has 0 bridgehead atoms. The molecule has 22 heavy (non-hydrogen) atoms. The number of hydrogen-bond acceptors (Lipinski definition) is 3. The first-order chi connectivity index (χ1) is 10.5. The summed E-state index contributed by atoms with van der Waals surface area (Å²) >= 11 is 0. The molecule has 0 amide bonds. The number of imidazole rings is 1. The van der Waals surface area contributed by atoms with Crippen molar-refractivity contribution in [3.05, 3.63) is 29.7 Å². The highest BCUT2D eigenvalue weighted by atomic mass is 19.1. The number of H-pyrrole nitrogens is 1. The van der Waals surface area contributed by atoms with Gasteiger partial charge < -0.3 is 9.72 Å². The molecule has 3 rings (SSSR count). The Labute approximate surface area is 128 Å². The van der Waals surface area contributed by atoms with Crippen LogP contribution in [-0.4, -0.2) is 26.9 Å². The van der Waals surface area contributed by atoms with E-state index in [0.717, 1.165) is 23.4 Å². The molecule has 1 N–H and O–H groups in total. The maximum atomic E-state index is 13.6. The van der Waals surface area contributed by atoms with Gasteiger partial charge in [-0.1, -0.05) is 13.8 Å². The van der Waals surface area contributed by atoms with Gasteiger partial charge in [0.1, 0.15) is 22.9 Å². The van der Waals surface area contributed by atoms with Crippen LogP contribution >= 0.6 is 0 Å². The number of rotatable bonds is 4. The standard InChI is InChI=1S/C16H19FN4O/c1-9(2)8-21-16-14(10(3)20-21)18-15(19-16)12-7-11(17)5-6-13(12)22-4/h5-7,9H,8H2,1-4H3,(H,18,19). The van der Waals surface area contributed by atoms with Crippen molar-refractivity contribution in [2.24, 2.45) is 5.92 Å². The summed E-state index contributed by atoms with van der Waals surface area (Å²) in [5, 5.41) is 4.50. The van der Waals surface area contributed by atoms with Crippen LogP contribution in [0.5, 0.6) is 5.75 Å². The molecule has 0 aliphatic carbocycles. The molecular weight excluding hydrogens is 283 g/mol. The zero-order valence-corrected chi connectivity index (χ0v) is 13.1. The average Bonchev–Trinajstić information content (AvgIpc) is 3.01. The number of nitrogens with one attached hydrogen (secondary N) is 1. The highest BCUT2D eigenvalue weighted by Crippen LogP contribution is 2.30. The molecule has 0 aliphatic rings. The van der Waals surface area contributed by atoms with Crippen molar-refractivity contribution in [2.75, 3.05) is 7.11 Å². The molecule has 0 fully saturated rings. The number of fused-ring (bicyclic) bond motifs is 1. The third-order valence-corrected chi connectivity index (χ3v) is 3.52. The number of nitrogens with zero attached hydrogens (tertiary/aromatic N) is 3. The van der Waals surface area contributed by atoms with Gasteiger partial charge in [-0.25, -0.2) is 14.1 Å². The Balaban J connectivity index is 2.15. The smallest absolute Gasteiger partial charge is 0.177 e. The van der Waals surface area contributed by atoms with Crippen LogP contribution in [0.4, 0.5) is 4.39 Å². The highest BCUT2D eigenvalue weighted by molar-refractivity contribution is 5.80. The minimum Gasteiger partial charge on any atom is -0.496 e. The number of aryl methyl sites for hydroxylation is 1. The summed E-state index contributed by atoms with van der Waals surface area (Å²) in [5.41, 5.74) is 3.15. The lowest BCUT2D eigenvalue weighted by Gasteiger charge is -2.06. The van der Waals surface area contributed by atoms with Gasteiger partial charge in [-0.05, 0) is 31.0 Å². The van der Waals surface area contributed by atoms with Gasteiger partial charge in [0.15, 0.2) is 5.65 Å². The fourth-order valence-corrected chi connectivity index (χ4v) is 2.55. The van der Waals surface area contributed by atoms with Crippen LogP contribution in [0.15, 0.2) is 18.2 Å². The first-order valence-electron chi connectivity index (χ1n) is 7.26. The normalized spacial score (nSPS) is 11.5. The van der Waals surface area contributed by atoms with Crippen molar-refractivity contribution in [2.45, 2.75) is 27.3 Å². The average molecular weight is 302 g/mol. The molecule has 5 nitrogen and oxygen atoms in total. The number of methoxy groups -OCH3 is 1. The van der Waals surface area contributed by atoms with E-state index in [-0.39, 0.29) is 5.82 Å². The Kier molecular flexibility index (Phi) is 3.60. The number of ether oxygens (including phenoxy) is 1. The van der Waals surface area contributed by atoms with Crippen molar-refractivity contribution in [1.82, 2.24) is 19.7 Å². The minimum atomic E-state index is -0.322. The molecule has 2 aromatic heterocycles. The van der Waals surface area contributed by atoms with Crippen molar-refractivity contribution < 1.29 is 9.13 Å². The maximum Gasteiger partial charge on any atom is 0.177 e. The van der Waals surface area contributed by atoms with E-state index >= 15 is 0 Å². The summed E-state index contributed by atoms with van der Waals surface area (Å²) in [4.78, 5) is 7.84. The van der Waals surface area contributed by atoms with E-state index in [1.807, 2.05) is 11.6 Å². The van der Waals surface area contributed by atoms with E-state index in [1.54, 1.807) is 13.2 Å². The summed E-state index contributed by atoms with van der Waals surface area (Å²) < 4.78 is 20.8. The van der Waals surface area contributed by atoms with Crippen molar-refractivity contribution in [3.63, 3.8) is 0 Å². The monoisotopic (exact) mass is 302 g/mol. The van der Waals surface area contributed by atoms with Gasteiger partial charge in [-0.2, -0.15) is 5.10 Å². The number of hydrogen-bond donors (Lipinski definition) is 1. The Morgan fingerprint density at radius 1 is 1.36 bits per heavy atom. The van der Waals surface area contributed by atoms with E-state index < -0.39 is 0 Å². The first-order valence-corrected chi connectivity index (χ1v) is 7.26. The van der Waals surface area contributed by atoms with Crippen LogP contribution in [0.2, 0.25) is 0 Å². The third-order valence-electron chi connectivity index (χ3n) is 3.52. The molecule has 0 spiro atoms. The van der Waals surface area contributed by atoms with Crippen molar-refractivity contribution >= 4 is 11.2 Å². The number of aromatic amines is 1. The van der Waals surface area contributed by atoms with Crippen LogP contribution in [-0.2, 0) is 6.54 Å². The van der Waals surface area contributed by atoms with Gasteiger partial charge in [0.2, 0.25) is 0 Å². The zero-order valence-electron chi connectivity index (χ0n) is 13.1. The fourth-order valence-electron chi connectivity index (χ4n) is 2.55. The number of aromatic nitrogens is 4. The molecule has 3 aromatic rings. The second-order valence-corrected chi connectivity index (χ2v) is 5.79. The summed E-state index contributed by atoms with van der Waals surface area (Å²) in [6.45, 7) is 6.98. The lowest BCUT2D eigenvalue weighted by molar-refractivity contribution is 0.415. The molecule has 2 heterocycles. The molecule has 116 valence electrons. The van der Waals surface area contributed by atoms with E-state index in [2.05, 4.69) is 28.9 Å². The third kappa shape index (κ3) is 2.45. The van der Waals surface area contributed by atoms with Gasteiger partial charge in [-0.15, -0.1) is 0 Å². The van der Waals surface area contributed by atoms with E-state index in [9.17, 15) is 4.39 Å². The van der Waals surface area contributed by atoms with Crippen LogP contribution in [0.1, 0.15) is 19.5 Å². The van der Waals surface area contributed by atoms with Crippen molar-refractivity contribution in [1.29, 1.82) is 0 Å².